The SMILES string of the molecule is CCCCCN(C(=O)OC(C)(C)C)[C@H]([C]=O)c1ccccc1. The monoisotopic (exact) mass is 304 g/mol. The van der Waals surface area contributed by atoms with Crippen molar-refractivity contribution in [2.24, 2.45) is 0 Å². The molecule has 1 atom stereocenters. The molecule has 0 N–H and O–H groups in total. The van der Waals surface area contributed by atoms with Gasteiger partial charge in [0.25, 0.3) is 0 Å². The number of carbonyl (C=O) groups excluding carboxylic acids is 2. The summed E-state index contributed by atoms with van der Waals surface area (Å²) in [7, 11) is 0. The number of benzene rings is 1. The van der Waals surface area contributed by atoms with E-state index >= 15 is 0 Å². The lowest BCUT2D eigenvalue weighted by Gasteiger charge is -2.31. The van der Waals surface area contributed by atoms with Gasteiger partial charge in [-0.15, -0.1) is 0 Å². The van der Waals surface area contributed by atoms with Gasteiger partial charge in [0, 0.05) is 6.54 Å². The highest BCUT2D eigenvalue weighted by Gasteiger charge is 2.29. The molecule has 0 spiro atoms. The van der Waals surface area contributed by atoms with Crippen molar-refractivity contribution in [1.29, 1.82) is 0 Å². The number of hydrogen-bond acceptors (Lipinski definition) is 3. The van der Waals surface area contributed by atoms with E-state index in [4.69, 9.17) is 4.74 Å². The summed E-state index contributed by atoms with van der Waals surface area (Å²) in [6, 6.07) is 8.49. The Labute approximate surface area is 133 Å². The van der Waals surface area contributed by atoms with Crippen LogP contribution in [0.5, 0.6) is 0 Å². The average molecular weight is 304 g/mol. The largest absolute Gasteiger partial charge is 0.444 e. The molecule has 0 saturated carbocycles. The first-order valence-electron chi connectivity index (χ1n) is 7.81. The van der Waals surface area contributed by atoms with Crippen LogP contribution in [0.15, 0.2) is 30.3 Å². The van der Waals surface area contributed by atoms with Gasteiger partial charge < -0.3 is 4.74 Å². The van der Waals surface area contributed by atoms with Crippen LogP contribution in [-0.2, 0) is 9.53 Å². The van der Waals surface area contributed by atoms with Gasteiger partial charge in [0.15, 0.2) is 0 Å². The molecule has 4 nitrogen and oxygen atoms in total. The van der Waals surface area contributed by atoms with Crippen LogP contribution < -0.4 is 0 Å². The third-order valence-electron chi connectivity index (χ3n) is 3.17. The fourth-order valence-electron chi connectivity index (χ4n) is 2.13. The maximum absolute atomic E-state index is 12.5. The van der Waals surface area contributed by atoms with Gasteiger partial charge in [0.05, 0.1) is 0 Å². The molecule has 4 heteroatoms. The topological polar surface area (TPSA) is 46.6 Å². The fraction of sp³-hybridized carbons (Fsp3) is 0.556. The van der Waals surface area contributed by atoms with Gasteiger partial charge in [-0.1, -0.05) is 50.1 Å². The zero-order valence-corrected chi connectivity index (χ0v) is 14.0. The lowest BCUT2D eigenvalue weighted by atomic mass is 10.1. The number of unbranched alkanes of at least 4 members (excludes halogenated alkanes) is 2. The Morgan fingerprint density at radius 1 is 1.23 bits per heavy atom. The van der Waals surface area contributed by atoms with Crippen LogP contribution in [0, 0.1) is 0 Å². The second-order valence-corrected chi connectivity index (χ2v) is 6.31. The molecule has 121 valence electrons. The summed E-state index contributed by atoms with van der Waals surface area (Å²) in [4.78, 5) is 25.4. The third-order valence-corrected chi connectivity index (χ3v) is 3.17. The Balaban J connectivity index is 2.96. The molecular weight excluding hydrogens is 278 g/mol. The Hall–Kier alpha value is -1.84. The molecule has 0 aliphatic rings. The van der Waals surface area contributed by atoms with Crippen molar-refractivity contribution in [2.45, 2.75) is 58.6 Å². The van der Waals surface area contributed by atoms with Gasteiger partial charge in [-0.25, -0.2) is 4.79 Å². The van der Waals surface area contributed by atoms with E-state index in [-0.39, 0.29) is 0 Å². The molecule has 0 saturated heterocycles. The van der Waals surface area contributed by atoms with E-state index in [1.165, 1.54) is 4.90 Å². The lowest BCUT2D eigenvalue weighted by Crippen LogP contribution is -2.40. The van der Waals surface area contributed by atoms with Crippen LogP contribution in [0.2, 0.25) is 0 Å². The minimum absolute atomic E-state index is 0.471. The van der Waals surface area contributed by atoms with E-state index in [0.29, 0.717) is 6.54 Å². The molecule has 0 aliphatic heterocycles. The van der Waals surface area contributed by atoms with Crippen LogP contribution in [-0.4, -0.2) is 29.4 Å². The standard InChI is InChI=1S/C18H26NO3/c1-5-6-10-13-19(17(21)22-18(2,3)4)16(14-20)15-11-8-7-9-12-15/h7-9,11-12,16H,5-6,10,13H2,1-4H3/t16-/m1/s1. The molecular formula is C18H26NO3. The van der Waals surface area contributed by atoms with Gasteiger partial charge in [0.2, 0.25) is 6.29 Å². The Morgan fingerprint density at radius 3 is 2.36 bits per heavy atom. The maximum Gasteiger partial charge on any atom is 0.411 e. The Bertz CT molecular complexity index is 465. The summed E-state index contributed by atoms with van der Waals surface area (Å²) < 4.78 is 5.44. The van der Waals surface area contributed by atoms with Crippen molar-refractivity contribution in [3.63, 3.8) is 0 Å². The van der Waals surface area contributed by atoms with Crippen LogP contribution >= 0.6 is 0 Å². The first-order valence-corrected chi connectivity index (χ1v) is 7.81. The molecule has 0 aliphatic carbocycles. The summed E-state index contributed by atoms with van der Waals surface area (Å²) in [5.41, 5.74) is 0.157. The maximum atomic E-state index is 12.5. The highest BCUT2D eigenvalue weighted by atomic mass is 16.6. The number of ether oxygens (including phenoxy) is 1. The predicted octanol–water partition coefficient (Wildman–Crippen LogP) is 4.26. The molecule has 0 fully saturated rings. The van der Waals surface area contributed by atoms with E-state index in [1.807, 2.05) is 57.4 Å². The summed E-state index contributed by atoms with van der Waals surface area (Å²) in [6.45, 7) is 8.03. The van der Waals surface area contributed by atoms with Gasteiger partial charge in [-0.05, 0) is 32.8 Å². The first kappa shape index (κ1) is 18.2. The van der Waals surface area contributed by atoms with E-state index in [2.05, 4.69) is 6.92 Å². The van der Waals surface area contributed by atoms with Crippen molar-refractivity contribution >= 4 is 12.4 Å². The minimum atomic E-state index is -0.729. The zero-order valence-electron chi connectivity index (χ0n) is 14.0. The molecule has 1 amide bonds. The van der Waals surface area contributed by atoms with Crippen molar-refractivity contribution < 1.29 is 14.3 Å². The fourth-order valence-corrected chi connectivity index (χ4v) is 2.13. The van der Waals surface area contributed by atoms with Gasteiger partial charge in [-0.3, -0.25) is 9.69 Å². The van der Waals surface area contributed by atoms with Crippen molar-refractivity contribution in [3.8, 4) is 0 Å². The van der Waals surface area contributed by atoms with E-state index in [1.54, 1.807) is 0 Å². The third kappa shape index (κ3) is 5.88. The van der Waals surface area contributed by atoms with Crippen molar-refractivity contribution in [1.82, 2.24) is 4.90 Å². The highest BCUT2D eigenvalue weighted by molar-refractivity contribution is 5.75. The quantitative estimate of drug-likeness (QED) is 0.707. The summed E-state index contributed by atoms with van der Waals surface area (Å²) in [6.07, 6.45) is 4.39. The van der Waals surface area contributed by atoms with Crippen LogP contribution in [0.4, 0.5) is 4.79 Å². The first-order chi connectivity index (χ1) is 10.4. The number of hydrogen-bond donors (Lipinski definition) is 0. The minimum Gasteiger partial charge on any atom is -0.444 e. The highest BCUT2D eigenvalue weighted by Crippen LogP contribution is 2.22. The number of nitrogens with zero attached hydrogens (tertiary/aromatic N) is 1. The van der Waals surface area contributed by atoms with Crippen molar-refractivity contribution in [2.75, 3.05) is 6.54 Å². The summed E-state index contributed by atoms with van der Waals surface area (Å²) in [5.74, 6) is 0. The molecule has 1 aromatic rings. The smallest absolute Gasteiger partial charge is 0.411 e. The van der Waals surface area contributed by atoms with Crippen LogP contribution in [0.25, 0.3) is 0 Å². The van der Waals surface area contributed by atoms with E-state index in [0.717, 1.165) is 24.8 Å². The van der Waals surface area contributed by atoms with E-state index in [9.17, 15) is 9.59 Å². The van der Waals surface area contributed by atoms with Crippen LogP contribution in [0.1, 0.15) is 58.6 Å². The van der Waals surface area contributed by atoms with Gasteiger partial charge in [-0.2, -0.15) is 0 Å². The van der Waals surface area contributed by atoms with E-state index < -0.39 is 17.7 Å². The molecule has 1 radical (unpaired) electrons. The Morgan fingerprint density at radius 2 is 1.86 bits per heavy atom. The number of carbonyl (C=O) groups is 1. The van der Waals surface area contributed by atoms with Gasteiger partial charge >= 0.3 is 6.09 Å². The average Bonchev–Trinajstić information content (AvgIpc) is 2.46. The normalized spacial score (nSPS) is 12.5. The van der Waals surface area contributed by atoms with Crippen molar-refractivity contribution in [3.05, 3.63) is 35.9 Å². The summed E-state index contributed by atoms with van der Waals surface area (Å²) in [5, 5.41) is 0. The number of amides is 1. The molecule has 0 bridgehead atoms. The summed E-state index contributed by atoms with van der Waals surface area (Å²) >= 11 is 0. The Kier molecular flexibility index (Phi) is 7.09. The molecule has 22 heavy (non-hydrogen) atoms. The molecule has 0 unspecified atom stereocenters. The molecule has 1 aromatic carbocycles. The van der Waals surface area contributed by atoms with Gasteiger partial charge in [0.1, 0.15) is 11.6 Å². The van der Waals surface area contributed by atoms with Crippen LogP contribution in [0.3, 0.4) is 0 Å². The second-order valence-electron chi connectivity index (χ2n) is 6.31. The number of rotatable bonds is 7. The lowest BCUT2D eigenvalue weighted by molar-refractivity contribution is 0.0205. The molecule has 1 rings (SSSR count). The predicted molar refractivity (Wildman–Crippen MR) is 87.3 cm³/mol. The second kappa shape index (κ2) is 8.57. The molecule has 0 aromatic heterocycles. The zero-order chi connectivity index (χ0) is 16.6. The molecule has 0 heterocycles.